The van der Waals surface area contributed by atoms with E-state index in [1.165, 1.54) is 6.07 Å². The number of hydrogen-bond donors (Lipinski definition) is 0. The van der Waals surface area contributed by atoms with Crippen molar-refractivity contribution in [2.75, 3.05) is 7.11 Å². The van der Waals surface area contributed by atoms with Crippen LogP contribution < -0.4 is 9.47 Å². The summed E-state index contributed by atoms with van der Waals surface area (Å²) in [7, 11) is 1.65. The summed E-state index contributed by atoms with van der Waals surface area (Å²) >= 11 is 0. The average Bonchev–Trinajstić information content (AvgIpc) is 3.20. The molecule has 1 unspecified atom stereocenters. The first kappa shape index (κ1) is 23.7. The van der Waals surface area contributed by atoms with Crippen molar-refractivity contribution in [1.29, 1.82) is 0 Å². The van der Waals surface area contributed by atoms with E-state index >= 15 is 4.39 Å². The average molecular weight is 517 g/mol. The van der Waals surface area contributed by atoms with Gasteiger partial charge in [0.1, 0.15) is 23.1 Å². The van der Waals surface area contributed by atoms with Gasteiger partial charge in [0.05, 0.1) is 7.11 Å². The van der Waals surface area contributed by atoms with E-state index in [0.29, 0.717) is 11.1 Å². The van der Waals surface area contributed by atoms with Crippen LogP contribution >= 0.6 is 0 Å². The first-order valence-electron chi connectivity index (χ1n) is 13.0. The fourth-order valence-electron chi connectivity index (χ4n) is 6.55. The molecule has 0 N–H and O–H groups in total. The minimum absolute atomic E-state index is 0.515. The van der Waals surface area contributed by atoms with Crippen LogP contribution in [-0.2, 0) is 11.0 Å². The fraction of sp³-hybridized carbons (Fsp3) is 0.143. The van der Waals surface area contributed by atoms with Gasteiger partial charge in [-0.3, -0.25) is 0 Å². The van der Waals surface area contributed by atoms with Crippen molar-refractivity contribution in [2.24, 2.45) is 0 Å². The van der Waals surface area contributed by atoms with Gasteiger partial charge in [-0.05, 0) is 46.4 Å². The van der Waals surface area contributed by atoms with E-state index < -0.39 is 22.7 Å². The first-order valence-corrected chi connectivity index (χ1v) is 13.0. The molecule has 0 amide bonds. The van der Waals surface area contributed by atoms with Crippen molar-refractivity contribution >= 4 is 16.8 Å². The number of fused-ring (bicyclic) bond motifs is 8. The van der Waals surface area contributed by atoms with Gasteiger partial charge in [-0.25, -0.2) is 8.78 Å². The van der Waals surface area contributed by atoms with Gasteiger partial charge in [0, 0.05) is 39.1 Å². The molecule has 1 heterocycles. The van der Waals surface area contributed by atoms with Crippen LogP contribution in [0.1, 0.15) is 41.7 Å². The summed E-state index contributed by atoms with van der Waals surface area (Å²) in [6.45, 7) is 4.01. The predicted molar refractivity (Wildman–Crippen MR) is 151 cm³/mol. The van der Waals surface area contributed by atoms with E-state index in [0.717, 1.165) is 56.2 Å². The summed E-state index contributed by atoms with van der Waals surface area (Å²) in [6, 6.07) is 28.5. The molecule has 0 aromatic heterocycles. The minimum Gasteiger partial charge on any atom is -0.497 e. The van der Waals surface area contributed by atoms with Gasteiger partial charge in [0.25, 0.3) is 0 Å². The summed E-state index contributed by atoms with van der Waals surface area (Å²) in [5, 5.41) is 1.81. The number of rotatable bonds is 3. The summed E-state index contributed by atoms with van der Waals surface area (Å²) in [6.07, 6.45) is 4.18. The SMILES string of the molecule is COc1ccc(C2(c3ccccc3)C=Cc3c4c(c5ccccc5c3O2)-c2cc(F)cc(F)c2C4(C)C)cc1. The third-order valence-corrected chi connectivity index (χ3v) is 8.25. The van der Waals surface area contributed by atoms with Crippen molar-refractivity contribution < 1.29 is 18.3 Å². The van der Waals surface area contributed by atoms with E-state index in [1.807, 2.05) is 80.6 Å². The molecule has 0 saturated carbocycles. The van der Waals surface area contributed by atoms with Crippen molar-refractivity contribution in [2.45, 2.75) is 24.9 Å². The number of halogens is 2. The lowest BCUT2D eigenvalue weighted by atomic mass is 9.76. The van der Waals surface area contributed by atoms with Crippen LogP contribution in [0.4, 0.5) is 8.78 Å². The smallest absolute Gasteiger partial charge is 0.178 e. The Kier molecular flexibility index (Phi) is 5.02. The molecule has 7 rings (SSSR count). The molecule has 0 spiro atoms. The summed E-state index contributed by atoms with van der Waals surface area (Å²) in [4.78, 5) is 0. The maximum atomic E-state index is 15.4. The van der Waals surface area contributed by atoms with Gasteiger partial charge in [-0.15, -0.1) is 0 Å². The maximum Gasteiger partial charge on any atom is 0.178 e. The van der Waals surface area contributed by atoms with Gasteiger partial charge >= 0.3 is 0 Å². The van der Waals surface area contributed by atoms with Gasteiger partial charge in [-0.2, -0.15) is 0 Å². The first-order chi connectivity index (χ1) is 18.8. The molecule has 1 atom stereocenters. The van der Waals surface area contributed by atoms with E-state index in [1.54, 1.807) is 7.11 Å². The van der Waals surface area contributed by atoms with E-state index in [9.17, 15) is 4.39 Å². The second kappa shape index (κ2) is 8.28. The zero-order chi connectivity index (χ0) is 26.9. The Morgan fingerprint density at radius 2 is 1.41 bits per heavy atom. The Morgan fingerprint density at radius 3 is 2.13 bits per heavy atom. The highest BCUT2D eigenvalue weighted by Gasteiger charge is 2.45. The van der Waals surface area contributed by atoms with Crippen molar-refractivity contribution in [3.63, 3.8) is 0 Å². The van der Waals surface area contributed by atoms with Crippen LogP contribution in [0.5, 0.6) is 11.5 Å². The highest BCUT2D eigenvalue weighted by atomic mass is 19.1. The summed E-state index contributed by atoms with van der Waals surface area (Å²) in [5.41, 5.74) is 4.17. The second-order valence-electron chi connectivity index (χ2n) is 10.7. The third kappa shape index (κ3) is 3.24. The Bertz CT molecular complexity index is 1800. The van der Waals surface area contributed by atoms with Crippen LogP contribution in [-0.4, -0.2) is 7.11 Å². The van der Waals surface area contributed by atoms with Crippen LogP contribution in [0.3, 0.4) is 0 Å². The zero-order valence-electron chi connectivity index (χ0n) is 21.9. The normalized spacial score (nSPS) is 18.3. The fourth-order valence-corrected chi connectivity index (χ4v) is 6.55. The topological polar surface area (TPSA) is 18.5 Å². The van der Waals surface area contributed by atoms with Gasteiger partial charge in [0.15, 0.2) is 5.60 Å². The molecule has 0 saturated heterocycles. The lowest BCUT2D eigenvalue weighted by Crippen LogP contribution is -2.35. The summed E-state index contributed by atoms with van der Waals surface area (Å²) < 4.78 is 42.5. The molecule has 5 aromatic carbocycles. The zero-order valence-corrected chi connectivity index (χ0v) is 21.9. The Hall–Kier alpha value is -4.44. The highest BCUT2D eigenvalue weighted by Crippen LogP contribution is 2.58. The predicted octanol–water partition coefficient (Wildman–Crippen LogP) is 8.78. The van der Waals surface area contributed by atoms with Crippen molar-refractivity contribution in [1.82, 2.24) is 0 Å². The molecule has 1 aliphatic heterocycles. The second-order valence-corrected chi connectivity index (χ2v) is 10.7. The molecular formula is C35H26F2O2. The monoisotopic (exact) mass is 516 g/mol. The molecule has 0 bridgehead atoms. The van der Waals surface area contributed by atoms with Crippen LogP contribution in [0.15, 0.2) is 97.1 Å². The lowest BCUT2D eigenvalue weighted by molar-refractivity contribution is 0.163. The molecule has 1 aliphatic carbocycles. The number of ether oxygens (including phenoxy) is 2. The van der Waals surface area contributed by atoms with Crippen LogP contribution in [0, 0.1) is 11.6 Å². The molecule has 0 fully saturated rings. The number of hydrogen-bond acceptors (Lipinski definition) is 2. The number of benzene rings is 5. The standard InChI is InChI=1S/C35H26F2O2/c1-34(2)31-28(19-23(36)20-29(31)37)30-25-11-7-8-12-26(25)33-27(32(30)34)17-18-35(39-33,21-9-5-4-6-10-21)22-13-15-24(38-3)16-14-22/h4-20H,1-3H3. The van der Waals surface area contributed by atoms with Gasteiger partial charge in [-0.1, -0.05) is 86.7 Å². The largest absolute Gasteiger partial charge is 0.497 e. The summed E-state index contributed by atoms with van der Waals surface area (Å²) in [5.74, 6) is 0.389. The van der Waals surface area contributed by atoms with E-state index in [2.05, 4.69) is 24.3 Å². The molecule has 0 radical (unpaired) electrons. The highest BCUT2D eigenvalue weighted by molar-refractivity contribution is 6.08. The Balaban J connectivity index is 1.55. The third-order valence-electron chi connectivity index (χ3n) is 8.25. The van der Waals surface area contributed by atoms with E-state index in [-0.39, 0.29) is 0 Å². The molecule has 2 aliphatic rings. The minimum atomic E-state index is -0.898. The maximum absolute atomic E-state index is 15.4. The lowest BCUT2D eigenvalue weighted by Gasteiger charge is -2.38. The molecule has 4 heteroatoms. The van der Waals surface area contributed by atoms with E-state index in [4.69, 9.17) is 9.47 Å². The molecule has 39 heavy (non-hydrogen) atoms. The molecule has 5 aromatic rings. The van der Waals surface area contributed by atoms with Gasteiger partial charge < -0.3 is 9.47 Å². The molecular weight excluding hydrogens is 490 g/mol. The quantitative estimate of drug-likeness (QED) is 0.239. The van der Waals surface area contributed by atoms with Crippen molar-refractivity contribution in [3.05, 3.63) is 137 Å². The van der Waals surface area contributed by atoms with Crippen LogP contribution in [0.25, 0.3) is 28.0 Å². The van der Waals surface area contributed by atoms with Crippen LogP contribution in [0.2, 0.25) is 0 Å². The number of methoxy groups -OCH3 is 1. The Labute approximate surface area is 226 Å². The van der Waals surface area contributed by atoms with Gasteiger partial charge in [0.2, 0.25) is 0 Å². The Morgan fingerprint density at radius 1 is 0.744 bits per heavy atom. The molecule has 2 nitrogen and oxygen atoms in total. The molecule has 192 valence electrons. The van der Waals surface area contributed by atoms with Crippen molar-refractivity contribution in [3.8, 4) is 22.6 Å².